The van der Waals surface area contributed by atoms with Crippen LogP contribution in [0.1, 0.15) is 24.5 Å². The van der Waals surface area contributed by atoms with Gasteiger partial charge in [0.05, 0.1) is 9.40 Å². The fourth-order valence-corrected chi connectivity index (χ4v) is 2.87. The molecule has 0 bridgehead atoms. The number of carbonyl (C=O) groups excluding carboxylic acids is 1. The van der Waals surface area contributed by atoms with Crippen molar-refractivity contribution in [1.29, 1.82) is 0 Å². The maximum atomic E-state index is 12.0. The molecule has 132 valence electrons. The van der Waals surface area contributed by atoms with Crippen LogP contribution in [0.4, 0.5) is 11.4 Å². The highest BCUT2D eigenvalue weighted by Crippen LogP contribution is 2.27. The van der Waals surface area contributed by atoms with Gasteiger partial charge in [0.2, 0.25) is 0 Å². The van der Waals surface area contributed by atoms with Gasteiger partial charge in [0, 0.05) is 17.3 Å². The molecule has 7 heteroatoms. The fraction of sp³-hybridized carbons (Fsp3) is 0.278. The maximum Gasteiger partial charge on any atom is 0.274 e. The largest absolute Gasteiger partial charge is 0.483 e. The van der Waals surface area contributed by atoms with Crippen molar-refractivity contribution in [3.63, 3.8) is 0 Å². The predicted molar refractivity (Wildman–Crippen MR) is 100 cm³/mol. The molecule has 0 spiro atoms. The molecule has 0 aliphatic heterocycles. The zero-order chi connectivity index (χ0) is 18.4. The molecule has 0 unspecified atom stereocenters. The first-order chi connectivity index (χ1) is 11.9. The molecule has 0 saturated heterocycles. The predicted octanol–water partition coefficient (Wildman–Crippen LogP) is 4.64. The van der Waals surface area contributed by atoms with Gasteiger partial charge < -0.3 is 10.1 Å². The number of nitro groups is 1. The molecule has 2 aromatic carbocycles. The van der Waals surface area contributed by atoms with Gasteiger partial charge in [-0.15, -0.1) is 0 Å². The molecule has 2 rings (SSSR count). The first-order valence-electron chi connectivity index (χ1n) is 7.86. The van der Waals surface area contributed by atoms with Gasteiger partial charge in [-0.2, -0.15) is 0 Å². The van der Waals surface area contributed by atoms with Gasteiger partial charge in [-0.1, -0.05) is 25.5 Å². The number of ether oxygens (including phenoxy) is 1. The maximum absolute atomic E-state index is 12.0. The minimum atomic E-state index is -0.476. The minimum absolute atomic E-state index is 0.0343. The van der Waals surface area contributed by atoms with E-state index >= 15 is 0 Å². The Balaban J connectivity index is 1.97. The average Bonchev–Trinajstić information content (AvgIpc) is 2.56. The normalized spacial score (nSPS) is 10.4. The molecular formula is C18H19BrN2O4. The molecule has 0 saturated carbocycles. The SMILES string of the molecule is CCCc1ccc(OCC(=O)Nc2ccc(C)c([N+](=O)[O-])c2)c(Br)c1. The number of carbonyl (C=O) groups is 1. The third kappa shape index (κ3) is 5.29. The van der Waals surface area contributed by atoms with Gasteiger partial charge in [0.1, 0.15) is 5.75 Å². The summed E-state index contributed by atoms with van der Waals surface area (Å²) in [7, 11) is 0. The molecule has 6 nitrogen and oxygen atoms in total. The van der Waals surface area contributed by atoms with E-state index in [4.69, 9.17) is 4.74 Å². The lowest BCUT2D eigenvalue weighted by Crippen LogP contribution is -2.20. The molecule has 0 aromatic heterocycles. The molecule has 25 heavy (non-hydrogen) atoms. The number of nitrogens with one attached hydrogen (secondary N) is 1. The van der Waals surface area contributed by atoms with Gasteiger partial charge in [0.25, 0.3) is 11.6 Å². The summed E-state index contributed by atoms with van der Waals surface area (Å²) in [6.45, 7) is 3.57. The summed E-state index contributed by atoms with van der Waals surface area (Å²) in [5, 5.41) is 13.5. The summed E-state index contributed by atoms with van der Waals surface area (Å²) in [6.07, 6.45) is 2.03. The van der Waals surface area contributed by atoms with Crippen molar-refractivity contribution in [2.24, 2.45) is 0 Å². The number of hydrogen-bond acceptors (Lipinski definition) is 4. The number of nitrogens with zero attached hydrogens (tertiary/aromatic N) is 1. The van der Waals surface area contributed by atoms with E-state index in [1.165, 1.54) is 11.6 Å². The van der Waals surface area contributed by atoms with E-state index in [0.717, 1.165) is 17.3 Å². The zero-order valence-electron chi connectivity index (χ0n) is 14.0. The third-order valence-corrected chi connectivity index (χ3v) is 4.20. The van der Waals surface area contributed by atoms with Gasteiger partial charge >= 0.3 is 0 Å². The second-order valence-corrected chi connectivity index (χ2v) is 6.46. The number of halogens is 1. The summed E-state index contributed by atoms with van der Waals surface area (Å²) in [4.78, 5) is 22.5. The number of amides is 1. The molecule has 0 atom stereocenters. The number of benzene rings is 2. The lowest BCUT2D eigenvalue weighted by molar-refractivity contribution is -0.385. The first-order valence-corrected chi connectivity index (χ1v) is 8.66. The Morgan fingerprint density at radius 3 is 2.68 bits per heavy atom. The van der Waals surface area contributed by atoms with Gasteiger partial charge in [-0.05, 0) is 53.0 Å². The molecule has 0 aliphatic carbocycles. The van der Waals surface area contributed by atoms with Crippen molar-refractivity contribution in [2.45, 2.75) is 26.7 Å². The highest BCUT2D eigenvalue weighted by molar-refractivity contribution is 9.10. The van der Waals surface area contributed by atoms with Crippen molar-refractivity contribution in [3.8, 4) is 5.75 Å². The number of aryl methyl sites for hydroxylation is 2. The second kappa shape index (κ2) is 8.62. The molecular weight excluding hydrogens is 388 g/mol. The molecule has 1 N–H and O–H groups in total. The van der Waals surface area contributed by atoms with Crippen LogP contribution >= 0.6 is 15.9 Å². The molecule has 0 heterocycles. The quantitative estimate of drug-likeness (QED) is 0.536. The second-order valence-electron chi connectivity index (χ2n) is 5.61. The average molecular weight is 407 g/mol. The third-order valence-electron chi connectivity index (χ3n) is 3.58. The smallest absolute Gasteiger partial charge is 0.274 e. The Bertz CT molecular complexity index is 793. The van der Waals surface area contributed by atoms with Crippen molar-refractivity contribution in [1.82, 2.24) is 0 Å². The van der Waals surface area contributed by atoms with E-state index in [2.05, 4.69) is 28.2 Å². The highest BCUT2D eigenvalue weighted by Gasteiger charge is 2.13. The van der Waals surface area contributed by atoms with Gasteiger partial charge in [-0.25, -0.2) is 0 Å². The van der Waals surface area contributed by atoms with E-state index in [9.17, 15) is 14.9 Å². The lowest BCUT2D eigenvalue weighted by Gasteiger charge is -2.10. The van der Waals surface area contributed by atoms with E-state index in [-0.39, 0.29) is 18.2 Å². The van der Waals surface area contributed by atoms with E-state index in [1.54, 1.807) is 19.1 Å². The first kappa shape index (κ1) is 18.9. The summed E-state index contributed by atoms with van der Waals surface area (Å²) < 4.78 is 6.30. The van der Waals surface area contributed by atoms with Crippen LogP contribution in [0.2, 0.25) is 0 Å². The van der Waals surface area contributed by atoms with Crippen LogP contribution in [-0.4, -0.2) is 17.4 Å². The monoisotopic (exact) mass is 406 g/mol. The minimum Gasteiger partial charge on any atom is -0.483 e. The molecule has 0 aliphatic rings. The Morgan fingerprint density at radius 1 is 1.28 bits per heavy atom. The summed E-state index contributed by atoms with van der Waals surface area (Å²) in [5.74, 6) is 0.188. The van der Waals surface area contributed by atoms with Crippen LogP contribution in [0.5, 0.6) is 5.75 Å². The number of anilines is 1. The topological polar surface area (TPSA) is 81.5 Å². The van der Waals surface area contributed by atoms with Crippen LogP contribution in [0.25, 0.3) is 0 Å². The standard InChI is InChI=1S/C18H19BrN2O4/c1-3-4-13-6-8-17(15(19)9-13)25-11-18(22)20-14-7-5-12(2)16(10-14)21(23)24/h5-10H,3-4,11H2,1-2H3,(H,20,22). The van der Waals surface area contributed by atoms with Gasteiger partial charge in [-0.3, -0.25) is 14.9 Å². The Hall–Kier alpha value is -2.41. The van der Waals surface area contributed by atoms with E-state index in [0.29, 0.717) is 17.0 Å². The van der Waals surface area contributed by atoms with Crippen LogP contribution in [0.3, 0.4) is 0 Å². The molecule has 1 amide bonds. The number of rotatable bonds is 7. The van der Waals surface area contributed by atoms with Crippen molar-refractivity contribution in [2.75, 3.05) is 11.9 Å². The van der Waals surface area contributed by atoms with Crippen molar-refractivity contribution in [3.05, 3.63) is 62.1 Å². The number of hydrogen-bond donors (Lipinski definition) is 1. The lowest BCUT2D eigenvalue weighted by atomic mass is 10.1. The zero-order valence-corrected chi connectivity index (χ0v) is 15.6. The summed E-state index contributed by atoms with van der Waals surface area (Å²) in [6, 6.07) is 10.3. The van der Waals surface area contributed by atoms with Crippen LogP contribution in [0.15, 0.2) is 40.9 Å². The molecule has 2 aromatic rings. The Kier molecular flexibility index (Phi) is 6.52. The van der Waals surface area contributed by atoms with Crippen molar-refractivity contribution >= 4 is 33.2 Å². The van der Waals surface area contributed by atoms with Crippen LogP contribution < -0.4 is 10.1 Å². The van der Waals surface area contributed by atoms with Crippen molar-refractivity contribution < 1.29 is 14.5 Å². The van der Waals surface area contributed by atoms with E-state index in [1.807, 2.05) is 18.2 Å². The molecule has 0 radical (unpaired) electrons. The highest BCUT2D eigenvalue weighted by atomic mass is 79.9. The Labute approximate surface area is 154 Å². The fourth-order valence-electron chi connectivity index (χ4n) is 2.33. The van der Waals surface area contributed by atoms with Gasteiger partial charge in [0.15, 0.2) is 6.61 Å². The molecule has 0 fully saturated rings. The van der Waals surface area contributed by atoms with E-state index < -0.39 is 4.92 Å². The number of nitro benzene ring substituents is 1. The summed E-state index contributed by atoms with van der Waals surface area (Å²) >= 11 is 3.44. The summed E-state index contributed by atoms with van der Waals surface area (Å²) in [5.41, 5.74) is 2.06. The van der Waals surface area contributed by atoms with Crippen LogP contribution in [0, 0.1) is 17.0 Å². The Morgan fingerprint density at radius 2 is 2.04 bits per heavy atom. The van der Waals surface area contributed by atoms with Crippen LogP contribution in [-0.2, 0) is 11.2 Å².